The largest absolute Gasteiger partial charge is 0.341 e. The van der Waals surface area contributed by atoms with Crippen molar-refractivity contribution in [2.45, 2.75) is 32.1 Å². The Morgan fingerprint density at radius 1 is 1.11 bits per heavy atom. The minimum atomic E-state index is -0.107. The molecule has 3 rings (SSSR count). The lowest BCUT2D eigenvalue weighted by Gasteiger charge is -2.40. The van der Waals surface area contributed by atoms with Crippen LogP contribution >= 0.6 is 11.8 Å². The fraction of sp³-hybridized carbons (Fsp3) is 0.619. The molecule has 0 aliphatic carbocycles. The summed E-state index contributed by atoms with van der Waals surface area (Å²) in [5.74, 6) is 2.36. The van der Waals surface area contributed by atoms with Crippen LogP contribution in [0, 0.1) is 5.92 Å². The number of thioether (sulfide) groups is 1. The molecule has 2 saturated heterocycles. The number of urea groups is 1. The minimum absolute atomic E-state index is 0.0314. The van der Waals surface area contributed by atoms with Gasteiger partial charge in [-0.15, -0.1) is 0 Å². The summed E-state index contributed by atoms with van der Waals surface area (Å²) in [5.41, 5.74) is 1.22. The topological polar surface area (TPSA) is 52.7 Å². The van der Waals surface area contributed by atoms with E-state index in [4.69, 9.17) is 0 Å². The van der Waals surface area contributed by atoms with Crippen LogP contribution in [0.1, 0.15) is 37.7 Å². The SMILES string of the molecule is CCCCNC(=O)N1C[C@@H](C(=O)N2CCSCC2)C[C@@H](c2ccccc2)C1. The summed E-state index contributed by atoms with van der Waals surface area (Å²) in [6.07, 6.45) is 2.86. The van der Waals surface area contributed by atoms with Gasteiger partial charge in [0.1, 0.15) is 0 Å². The van der Waals surface area contributed by atoms with E-state index in [1.54, 1.807) is 0 Å². The van der Waals surface area contributed by atoms with E-state index < -0.39 is 0 Å². The van der Waals surface area contributed by atoms with Crippen molar-refractivity contribution in [2.75, 3.05) is 44.2 Å². The first kappa shape index (κ1) is 20.1. The van der Waals surface area contributed by atoms with Crippen LogP contribution in [0.3, 0.4) is 0 Å². The van der Waals surface area contributed by atoms with Gasteiger partial charge in [0.25, 0.3) is 0 Å². The van der Waals surface area contributed by atoms with Crippen molar-refractivity contribution >= 4 is 23.7 Å². The zero-order valence-electron chi connectivity index (χ0n) is 16.2. The van der Waals surface area contributed by atoms with Crippen LogP contribution in [0.25, 0.3) is 0 Å². The molecule has 0 unspecified atom stereocenters. The molecule has 3 amide bonds. The predicted molar refractivity (Wildman–Crippen MR) is 111 cm³/mol. The third kappa shape index (κ3) is 5.41. The summed E-state index contributed by atoms with van der Waals surface area (Å²) in [6.45, 7) is 5.69. The first-order valence-corrected chi connectivity index (χ1v) is 11.3. The minimum Gasteiger partial charge on any atom is -0.341 e. The number of rotatable bonds is 5. The number of benzene rings is 1. The predicted octanol–water partition coefficient (Wildman–Crippen LogP) is 3.18. The zero-order chi connectivity index (χ0) is 19.1. The van der Waals surface area contributed by atoms with E-state index in [0.717, 1.165) is 43.9 Å². The van der Waals surface area contributed by atoms with E-state index in [-0.39, 0.29) is 23.8 Å². The van der Waals surface area contributed by atoms with Gasteiger partial charge in [-0.05, 0) is 18.4 Å². The smallest absolute Gasteiger partial charge is 0.317 e. The standard InChI is InChI=1S/C21H31N3O2S/c1-2-3-9-22-21(26)24-15-18(17-7-5-4-6-8-17)14-19(16-24)20(25)23-10-12-27-13-11-23/h4-8,18-19H,2-3,9-16H2,1H3,(H,22,26)/t18-,19+/m1/s1. The molecular formula is C21H31N3O2S. The van der Waals surface area contributed by atoms with Crippen LogP contribution in [0.15, 0.2) is 30.3 Å². The molecule has 2 atom stereocenters. The average Bonchev–Trinajstić information content (AvgIpc) is 2.74. The van der Waals surface area contributed by atoms with Crippen LogP contribution in [-0.2, 0) is 4.79 Å². The Hall–Kier alpha value is -1.69. The molecule has 1 aromatic carbocycles. The number of amides is 3. The van der Waals surface area contributed by atoms with Crippen molar-refractivity contribution in [3.63, 3.8) is 0 Å². The van der Waals surface area contributed by atoms with E-state index in [1.807, 2.05) is 39.8 Å². The molecule has 27 heavy (non-hydrogen) atoms. The van der Waals surface area contributed by atoms with Crippen molar-refractivity contribution in [2.24, 2.45) is 5.92 Å². The molecule has 0 spiro atoms. The molecule has 0 saturated carbocycles. The van der Waals surface area contributed by atoms with Gasteiger partial charge in [-0.1, -0.05) is 43.7 Å². The van der Waals surface area contributed by atoms with Gasteiger partial charge in [-0.2, -0.15) is 11.8 Å². The Morgan fingerprint density at radius 3 is 2.56 bits per heavy atom. The van der Waals surface area contributed by atoms with Crippen LogP contribution < -0.4 is 5.32 Å². The second kappa shape index (κ2) is 10.0. The monoisotopic (exact) mass is 389 g/mol. The molecular weight excluding hydrogens is 358 g/mol. The molecule has 0 bridgehead atoms. The number of nitrogens with zero attached hydrogens (tertiary/aromatic N) is 2. The fourth-order valence-electron chi connectivity index (χ4n) is 3.94. The summed E-state index contributed by atoms with van der Waals surface area (Å²) in [5, 5.41) is 3.02. The highest BCUT2D eigenvalue weighted by molar-refractivity contribution is 7.99. The van der Waals surface area contributed by atoms with Gasteiger partial charge in [0.2, 0.25) is 5.91 Å². The van der Waals surface area contributed by atoms with Crippen LogP contribution in [-0.4, -0.2) is 66.0 Å². The average molecular weight is 390 g/mol. The van der Waals surface area contributed by atoms with Gasteiger partial charge in [0, 0.05) is 50.1 Å². The quantitative estimate of drug-likeness (QED) is 0.787. The molecule has 2 fully saturated rings. The third-order valence-corrected chi connectivity index (χ3v) is 6.43. The van der Waals surface area contributed by atoms with Crippen molar-refractivity contribution < 1.29 is 9.59 Å². The van der Waals surface area contributed by atoms with Gasteiger partial charge in [0.15, 0.2) is 0 Å². The second-order valence-electron chi connectivity index (χ2n) is 7.47. The molecule has 6 heteroatoms. The first-order chi connectivity index (χ1) is 13.2. The van der Waals surface area contributed by atoms with Gasteiger partial charge in [-0.25, -0.2) is 4.79 Å². The summed E-state index contributed by atoms with van der Waals surface area (Å²) in [7, 11) is 0. The number of nitrogens with one attached hydrogen (secondary N) is 1. The molecule has 1 N–H and O–H groups in total. The lowest BCUT2D eigenvalue weighted by molar-refractivity contribution is -0.136. The van der Waals surface area contributed by atoms with Crippen molar-refractivity contribution in [3.05, 3.63) is 35.9 Å². The number of carbonyl (C=O) groups is 2. The molecule has 2 aliphatic heterocycles. The second-order valence-corrected chi connectivity index (χ2v) is 8.69. The van der Waals surface area contributed by atoms with E-state index in [9.17, 15) is 9.59 Å². The Kier molecular flexibility index (Phi) is 7.44. The normalized spacial score (nSPS) is 23.1. The Morgan fingerprint density at radius 2 is 1.85 bits per heavy atom. The molecule has 2 heterocycles. The highest BCUT2D eigenvalue weighted by Crippen LogP contribution is 2.31. The van der Waals surface area contributed by atoms with E-state index >= 15 is 0 Å². The van der Waals surface area contributed by atoms with Crippen LogP contribution in [0.5, 0.6) is 0 Å². The lowest BCUT2D eigenvalue weighted by Crippen LogP contribution is -2.52. The molecule has 148 valence electrons. The molecule has 0 radical (unpaired) electrons. The summed E-state index contributed by atoms with van der Waals surface area (Å²) in [6, 6.07) is 10.3. The number of hydrogen-bond donors (Lipinski definition) is 1. The fourth-order valence-corrected chi connectivity index (χ4v) is 4.84. The summed E-state index contributed by atoms with van der Waals surface area (Å²) >= 11 is 1.91. The molecule has 2 aliphatic rings. The third-order valence-electron chi connectivity index (χ3n) is 5.49. The Bertz CT molecular complexity index is 619. The highest BCUT2D eigenvalue weighted by atomic mass is 32.2. The van der Waals surface area contributed by atoms with E-state index in [1.165, 1.54) is 5.56 Å². The van der Waals surface area contributed by atoms with Gasteiger partial charge in [-0.3, -0.25) is 4.79 Å². The molecule has 0 aromatic heterocycles. The maximum absolute atomic E-state index is 13.1. The van der Waals surface area contributed by atoms with Crippen LogP contribution in [0.2, 0.25) is 0 Å². The summed E-state index contributed by atoms with van der Waals surface area (Å²) in [4.78, 5) is 29.7. The van der Waals surface area contributed by atoms with Crippen molar-refractivity contribution in [1.82, 2.24) is 15.1 Å². The maximum atomic E-state index is 13.1. The Balaban J connectivity index is 1.72. The maximum Gasteiger partial charge on any atom is 0.317 e. The number of likely N-dealkylation sites (tertiary alicyclic amines) is 1. The highest BCUT2D eigenvalue weighted by Gasteiger charge is 2.36. The molecule has 1 aromatic rings. The van der Waals surface area contributed by atoms with Crippen molar-refractivity contribution in [1.29, 1.82) is 0 Å². The van der Waals surface area contributed by atoms with Crippen molar-refractivity contribution in [3.8, 4) is 0 Å². The van der Waals surface area contributed by atoms with Gasteiger partial charge < -0.3 is 15.1 Å². The number of unbranched alkanes of at least 4 members (excludes halogenated alkanes) is 1. The van der Waals surface area contributed by atoms with Gasteiger partial charge >= 0.3 is 6.03 Å². The first-order valence-electron chi connectivity index (χ1n) is 10.1. The lowest BCUT2D eigenvalue weighted by atomic mass is 9.84. The Labute approximate surface area is 166 Å². The van der Waals surface area contributed by atoms with E-state index in [2.05, 4.69) is 24.4 Å². The van der Waals surface area contributed by atoms with Crippen LogP contribution in [0.4, 0.5) is 4.79 Å². The number of carbonyl (C=O) groups excluding carboxylic acids is 2. The van der Waals surface area contributed by atoms with E-state index in [0.29, 0.717) is 19.6 Å². The number of piperidine rings is 1. The number of hydrogen-bond acceptors (Lipinski definition) is 3. The van der Waals surface area contributed by atoms with Gasteiger partial charge in [0.05, 0.1) is 5.92 Å². The zero-order valence-corrected chi connectivity index (χ0v) is 17.0. The molecule has 5 nitrogen and oxygen atoms in total. The summed E-state index contributed by atoms with van der Waals surface area (Å²) < 4.78 is 0.